The predicted molar refractivity (Wildman–Crippen MR) is 66.5 cm³/mol. The van der Waals surface area contributed by atoms with Crippen molar-refractivity contribution < 1.29 is 0 Å². The quantitative estimate of drug-likeness (QED) is 0.868. The fourth-order valence-corrected chi connectivity index (χ4v) is 1.87. The zero-order valence-corrected chi connectivity index (χ0v) is 10.2. The average Bonchev–Trinajstić information content (AvgIpc) is 2.69. The lowest BCUT2D eigenvalue weighted by Crippen LogP contribution is -2.09. The Balaban J connectivity index is 2.09. The molecule has 0 fully saturated rings. The molecule has 0 amide bonds. The third-order valence-corrected chi connectivity index (χ3v) is 2.68. The van der Waals surface area contributed by atoms with Gasteiger partial charge in [-0.1, -0.05) is 25.1 Å². The molecule has 0 aliphatic heterocycles. The molecule has 17 heavy (non-hydrogen) atoms. The van der Waals surface area contributed by atoms with E-state index in [1.165, 1.54) is 5.56 Å². The molecule has 5 nitrogen and oxygen atoms in total. The van der Waals surface area contributed by atoms with Gasteiger partial charge in [-0.3, -0.25) is 4.98 Å². The molecule has 0 radical (unpaired) electrons. The number of hydrogen-bond donors (Lipinski definition) is 1. The Morgan fingerprint density at radius 2 is 2.24 bits per heavy atom. The van der Waals surface area contributed by atoms with Crippen LogP contribution < -0.4 is 5.73 Å². The van der Waals surface area contributed by atoms with Gasteiger partial charge in [-0.05, 0) is 24.0 Å². The molecule has 0 saturated heterocycles. The molecule has 0 unspecified atom stereocenters. The number of nitrogens with two attached hydrogens (primary N) is 1. The molecule has 90 valence electrons. The maximum atomic E-state index is 5.80. The van der Waals surface area contributed by atoms with Crippen LogP contribution >= 0.6 is 0 Å². The number of pyridine rings is 1. The summed E-state index contributed by atoms with van der Waals surface area (Å²) < 4.78 is 1.88. The molecule has 0 atom stereocenters. The lowest BCUT2D eigenvalue weighted by atomic mass is 10.1. The molecule has 2 heterocycles. The summed E-state index contributed by atoms with van der Waals surface area (Å²) in [4.78, 5) is 4.09. The van der Waals surface area contributed by atoms with Crippen molar-refractivity contribution >= 4 is 5.82 Å². The van der Waals surface area contributed by atoms with Crippen molar-refractivity contribution in [3.63, 3.8) is 0 Å². The second-order valence-corrected chi connectivity index (χ2v) is 4.35. The van der Waals surface area contributed by atoms with Gasteiger partial charge in [0, 0.05) is 18.9 Å². The number of aromatic nitrogens is 4. The van der Waals surface area contributed by atoms with Gasteiger partial charge in [0.05, 0.1) is 5.69 Å². The third kappa shape index (κ3) is 2.61. The summed E-state index contributed by atoms with van der Waals surface area (Å²) in [5.41, 5.74) is 8.00. The minimum atomic E-state index is 0.332. The van der Waals surface area contributed by atoms with Crippen LogP contribution in [0.4, 0.5) is 5.82 Å². The first-order valence-corrected chi connectivity index (χ1v) is 5.76. The molecule has 0 aliphatic carbocycles. The average molecular weight is 231 g/mol. The van der Waals surface area contributed by atoms with E-state index in [1.54, 1.807) is 6.20 Å². The van der Waals surface area contributed by atoms with Crippen molar-refractivity contribution in [2.45, 2.75) is 32.7 Å². The SMILES string of the molecule is CC(C)c1c(N)nnn1CCc1cccnc1. The van der Waals surface area contributed by atoms with E-state index in [4.69, 9.17) is 5.73 Å². The number of aryl methyl sites for hydroxylation is 2. The second-order valence-electron chi connectivity index (χ2n) is 4.35. The van der Waals surface area contributed by atoms with Gasteiger partial charge < -0.3 is 5.73 Å². The first-order valence-electron chi connectivity index (χ1n) is 5.76. The summed E-state index contributed by atoms with van der Waals surface area (Å²) >= 11 is 0. The monoisotopic (exact) mass is 231 g/mol. The number of rotatable bonds is 4. The summed E-state index contributed by atoms with van der Waals surface area (Å²) in [6.45, 7) is 4.97. The number of nitrogen functional groups attached to an aromatic ring is 1. The fraction of sp³-hybridized carbons (Fsp3) is 0.417. The van der Waals surface area contributed by atoms with E-state index in [1.807, 2.05) is 16.9 Å². The molecule has 0 aromatic carbocycles. The largest absolute Gasteiger partial charge is 0.381 e. The Morgan fingerprint density at radius 1 is 1.41 bits per heavy atom. The lowest BCUT2D eigenvalue weighted by molar-refractivity contribution is 0.550. The zero-order chi connectivity index (χ0) is 12.3. The topological polar surface area (TPSA) is 69.6 Å². The minimum absolute atomic E-state index is 0.332. The van der Waals surface area contributed by atoms with Gasteiger partial charge in [0.1, 0.15) is 0 Å². The van der Waals surface area contributed by atoms with Gasteiger partial charge in [-0.2, -0.15) is 0 Å². The number of nitrogens with zero attached hydrogens (tertiary/aromatic N) is 4. The van der Waals surface area contributed by atoms with Crippen molar-refractivity contribution in [3.05, 3.63) is 35.8 Å². The summed E-state index contributed by atoms with van der Waals surface area (Å²) in [7, 11) is 0. The van der Waals surface area contributed by atoms with E-state index < -0.39 is 0 Å². The van der Waals surface area contributed by atoms with Crippen LogP contribution in [-0.4, -0.2) is 20.0 Å². The van der Waals surface area contributed by atoms with Crippen LogP contribution in [0.5, 0.6) is 0 Å². The third-order valence-electron chi connectivity index (χ3n) is 2.68. The molecular formula is C12H17N5. The van der Waals surface area contributed by atoms with Crippen molar-refractivity contribution in [3.8, 4) is 0 Å². The van der Waals surface area contributed by atoms with Gasteiger partial charge in [0.2, 0.25) is 0 Å². The maximum Gasteiger partial charge on any atom is 0.169 e. The standard InChI is InChI=1S/C12H17N5/c1-9(2)11-12(13)15-16-17(11)7-5-10-4-3-6-14-8-10/h3-4,6,8-9H,5,7,13H2,1-2H3. The molecule has 5 heteroatoms. The van der Waals surface area contributed by atoms with Gasteiger partial charge in [0.25, 0.3) is 0 Å². The highest BCUT2D eigenvalue weighted by Gasteiger charge is 2.13. The van der Waals surface area contributed by atoms with Crippen LogP contribution in [-0.2, 0) is 13.0 Å². The molecule has 2 rings (SSSR count). The number of anilines is 1. The maximum absolute atomic E-state index is 5.80. The zero-order valence-electron chi connectivity index (χ0n) is 10.2. The van der Waals surface area contributed by atoms with Crippen LogP contribution in [0.15, 0.2) is 24.5 Å². The first kappa shape index (κ1) is 11.6. The smallest absolute Gasteiger partial charge is 0.169 e. The summed E-state index contributed by atoms with van der Waals surface area (Å²) in [6.07, 6.45) is 4.53. The normalized spacial score (nSPS) is 11.0. The number of hydrogen-bond acceptors (Lipinski definition) is 4. The molecule has 2 N–H and O–H groups in total. The highest BCUT2D eigenvalue weighted by Crippen LogP contribution is 2.19. The lowest BCUT2D eigenvalue weighted by Gasteiger charge is -2.09. The summed E-state index contributed by atoms with van der Waals surface area (Å²) in [5, 5.41) is 8.00. The fourth-order valence-electron chi connectivity index (χ4n) is 1.87. The van der Waals surface area contributed by atoms with E-state index in [0.29, 0.717) is 11.7 Å². The van der Waals surface area contributed by atoms with Gasteiger partial charge in [-0.25, -0.2) is 4.68 Å². The predicted octanol–water partition coefficient (Wildman–Crippen LogP) is 1.62. The molecule has 2 aromatic rings. The highest BCUT2D eigenvalue weighted by molar-refractivity contribution is 5.35. The minimum Gasteiger partial charge on any atom is -0.381 e. The second kappa shape index (κ2) is 4.95. The van der Waals surface area contributed by atoms with Crippen LogP contribution in [0.1, 0.15) is 31.0 Å². The van der Waals surface area contributed by atoms with Crippen molar-refractivity contribution in [2.24, 2.45) is 0 Å². The van der Waals surface area contributed by atoms with E-state index in [-0.39, 0.29) is 0 Å². The van der Waals surface area contributed by atoms with E-state index in [0.717, 1.165) is 18.7 Å². The Morgan fingerprint density at radius 3 is 2.88 bits per heavy atom. The molecular weight excluding hydrogens is 214 g/mol. The first-order chi connectivity index (χ1) is 8.18. The molecule has 0 aliphatic rings. The van der Waals surface area contributed by atoms with Gasteiger partial charge >= 0.3 is 0 Å². The molecule has 2 aromatic heterocycles. The van der Waals surface area contributed by atoms with Crippen molar-refractivity contribution in [1.29, 1.82) is 0 Å². The van der Waals surface area contributed by atoms with E-state index in [9.17, 15) is 0 Å². The van der Waals surface area contributed by atoms with Crippen LogP contribution in [0.2, 0.25) is 0 Å². The highest BCUT2D eigenvalue weighted by atomic mass is 15.4. The Bertz CT molecular complexity index is 475. The van der Waals surface area contributed by atoms with Crippen molar-refractivity contribution in [1.82, 2.24) is 20.0 Å². The van der Waals surface area contributed by atoms with Crippen LogP contribution in [0, 0.1) is 0 Å². The Hall–Kier alpha value is -1.91. The molecule has 0 bridgehead atoms. The summed E-state index contributed by atoms with van der Waals surface area (Å²) in [6, 6.07) is 4.00. The van der Waals surface area contributed by atoms with Gasteiger partial charge in [-0.15, -0.1) is 5.10 Å². The van der Waals surface area contributed by atoms with Crippen LogP contribution in [0.3, 0.4) is 0 Å². The Labute approximate surface area is 101 Å². The summed E-state index contributed by atoms with van der Waals surface area (Å²) in [5.74, 6) is 0.866. The Kier molecular flexibility index (Phi) is 3.37. The van der Waals surface area contributed by atoms with Crippen LogP contribution in [0.25, 0.3) is 0 Å². The van der Waals surface area contributed by atoms with E-state index >= 15 is 0 Å². The van der Waals surface area contributed by atoms with Crippen molar-refractivity contribution in [2.75, 3.05) is 5.73 Å². The molecule has 0 saturated carbocycles. The van der Waals surface area contributed by atoms with Gasteiger partial charge in [0.15, 0.2) is 5.82 Å². The molecule has 0 spiro atoms. The van der Waals surface area contributed by atoms with E-state index in [2.05, 4.69) is 35.2 Å².